The van der Waals surface area contributed by atoms with E-state index < -0.39 is 10.8 Å². The molecule has 2 saturated heterocycles. The maximum absolute atomic E-state index is 12.6. The summed E-state index contributed by atoms with van der Waals surface area (Å²) >= 11 is 0. The summed E-state index contributed by atoms with van der Waals surface area (Å²) in [4.78, 5) is 12.6. The molecular weight excluding hydrogens is 260 g/mol. The third-order valence-electron chi connectivity index (χ3n) is 4.49. The standard InChI is InChI=1S/C14H26N2O2S/c1-2-5-14(6-8-15-9-7-14)13(17)16-12-3-10-19(18)11-4-12/h12,15H,2-11H2,1H3,(H,16,17). The summed E-state index contributed by atoms with van der Waals surface area (Å²) in [6.07, 6.45) is 5.69. The van der Waals surface area contributed by atoms with Gasteiger partial charge in [0.05, 0.1) is 5.41 Å². The quantitative estimate of drug-likeness (QED) is 0.816. The molecule has 110 valence electrons. The predicted molar refractivity (Wildman–Crippen MR) is 78.5 cm³/mol. The van der Waals surface area contributed by atoms with Gasteiger partial charge in [0.15, 0.2) is 0 Å². The lowest BCUT2D eigenvalue weighted by atomic mass is 9.74. The van der Waals surface area contributed by atoms with Crippen LogP contribution < -0.4 is 10.6 Å². The molecule has 0 atom stereocenters. The van der Waals surface area contributed by atoms with Crippen LogP contribution >= 0.6 is 0 Å². The average Bonchev–Trinajstić information content (AvgIpc) is 2.43. The van der Waals surface area contributed by atoms with E-state index in [-0.39, 0.29) is 17.4 Å². The SMILES string of the molecule is CCCC1(C(=O)NC2CCS(=O)CC2)CCNCC1. The van der Waals surface area contributed by atoms with Crippen LogP contribution in [-0.2, 0) is 15.6 Å². The van der Waals surface area contributed by atoms with Gasteiger partial charge < -0.3 is 10.6 Å². The van der Waals surface area contributed by atoms with E-state index in [0.29, 0.717) is 0 Å². The topological polar surface area (TPSA) is 58.2 Å². The minimum Gasteiger partial charge on any atom is -0.353 e. The van der Waals surface area contributed by atoms with Crippen molar-refractivity contribution in [2.24, 2.45) is 5.41 Å². The summed E-state index contributed by atoms with van der Waals surface area (Å²) in [6.45, 7) is 4.05. The molecule has 4 nitrogen and oxygen atoms in total. The van der Waals surface area contributed by atoms with E-state index in [1.165, 1.54) is 0 Å². The molecule has 2 aliphatic rings. The minimum atomic E-state index is -0.656. The number of carbonyl (C=O) groups is 1. The number of carbonyl (C=O) groups excluding carboxylic acids is 1. The third kappa shape index (κ3) is 3.78. The van der Waals surface area contributed by atoms with E-state index in [2.05, 4.69) is 17.6 Å². The number of hydrogen-bond donors (Lipinski definition) is 2. The second-order valence-electron chi connectivity index (χ2n) is 5.88. The van der Waals surface area contributed by atoms with Crippen molar-refractivity contribution >= 4 is 16.7 Å². The lowest BCUT2D eigenvalue weighted by Crippen LogP contribution is -2.51. The van der Waals surface area contributed by atoms with E-state index in [9.17, 15) is 9.00 Å². The highest BCUT2D eigenvalue weighted by Crippen LogP contribution is 2.34. The Bertz CT molecular complexity index is 325. The molecule has 0 aromatic carbocycles. The van der Waals surface area contributed by atoms with Crippen LogP contribution in [0.1, 0.15) is 45.4 Å². The summed E-state index contributed by atoms with van der Waals surface area (Å²) in [6, 6.07) is 0.244. The Kier molecular flexibility index (Phi) is 5.39. The smallest absolute Gasteiger partial charge is 0.226 e. The molecule has 2 aliphatic heterocycles. The largest absolute Gasteiger partial charge is 0.353 e. The molecule has 2 rings (SSSR count). The molecule has 19 heavy (non-hydrogen) atoms. The lowest BCUT2D eigenvalue weighted by molar-refractivity contribution is -0.134. The van der Waals surface area contributed by atoms with Gasteiger partial charge in [0.1, 0.15) is 0 Å². The fourth-order valence-electron chi connectivity index (χ4n) is 3.25. The zero-order valence-electron chi connectivity index (χ0n) is 11.9. The van der Waals surface area contributed by atoms with Crippen molar-refractivity contribution in [1.82, 2.24) is 10.6 Å². The Morgan fingerprint density at radius 1 is 1.32 bits per heavy atom. The molecule has 0 unspecified atom stereocenters. The molecule has 2 N–H and O–H groups in total. The number of rotatable bonds is 4. The molecule has 0 aliphatic carbocycles. The van der Waals surface area contributed by atoms with Crippen LogP contribution in [0.5, 0.6) is 0 Å². The number of hydrogen-bond acceptors (Lipinski definition) is 3. The van der Waals surface area contributed by atoms with Crippen molar-refractivity contribution in [2.45, 2.75) is 51.5 Å². The van der Waals surface area contributed by atoms with E-state index in [4.69, 9.17) is 0 Å². The first-order valence-electron chi connectivity index (χ1n) is 7.53. The van der Waals surface area contributed by atoms with Gasteiger partial charge in [-0.2, -0.15) is 0 Å². The summed E-state index contributed by atoms with van der Waals surface area (Å²) in [5.74, 6) is 1.73. The molecule has 5 heteroatoms. The van der Waals surface area contributed by atoms with Crippen molar-refractivity contribution in [3.05, 3.63) is 0 Å². The van der Waals surface area contributed by atoms with Crippen LogP contribution in [0.2, 0.25) is 0 Å². The number of piperidine rings is 1. The summed E-state index contributed by atoms with van der Waals surface area (Å²) < 4.78 is 11.4. The Morgan fingerprint density at radius 3 is 2.53 bits per heavy atom. The third-order valence-corrected chi connectivity index (χ3v) is 5.88. The van der Waals surface area contributed by atoms with E-state index >= 15 is 0 Å². The molecule has 2 fully saturated rings. The van der Waals surface area contributed by atoms with Gasteiger partial charge in [0, 0.05) is 28.3 Å². The molecule has 0 radical (unpaired) electrons. The minimum absolute atomic E-state index is 0.156. The molecule has 0 saturated carbocycles. The van der Waals surface area contributed by atoms with Crippen molar-refractivity contribution in [3.63, 3.8) is 0 Å². The van der Waals surface area contributed by atoms with Crippen molar-refractivity contribution in [3.8, 4) is 0 Å². The molecule has 0 aromatic heterocycles. The Hall–Kier alpha value is -0.420. The monoisotopic (exact) mass is 286 g/mol. The van der Waals surface area contributed by atoms with Gasteiger partial charge >= 0.3 is 0 Å². The number of amides is 1. The van der Waals surface area contributed by atoms with E-state index in [1.54, 1.807) is 0 Å². The highest BCUT2D eigenvalue weighted by Gasteiger charge is 2.39. The van der Waals surface area contributed by atoms with Crippen LogP contribution in [0.15, 0.2) is 0 Å². The molecule has 0 bridgehead atoms. The van der Waals surface area contributed by atoms with Gasteiger partial charge in [0.2, 0.25) is 5.91 Å². The normalized spacial score (nSPS) is 30.8. The van der Waals surface area contributed by atoms with Crippen LogP contribution in [0, 0.1) is 5.41 Å². The zero-order valence-corrected chi connectivity index (χ0v) is 12.7. The fourth-order valence-corrected chi connectivity index (χ4v) is 4.55. The highest BCUT2D eigenvalue weighted by atomic mass is 32.2. The lowest BCUT2D eigenvalue weighted by Gasteiger charge is -2.37. The van der Waals surface area contributed by atoms with E-state index in [0.717, 1.165) is 63.1 Å². The second-order valence-corrected chi connectivity index (χ2v) is 7.57. The first-order valence-corrected chi connectivity index (χ1v) is 9.02. The Morgan fingerprint density at radius 2 is 1.95 bits per heavy atom. The molecular formula is C14H26N2O2S. The second kappa shape index (κ2) is 6.84. The van der Waals surface area contributed by atoms with Crippen molar-refractivity contribution in [1.29, 1.82) is 0 Å². The van der Waals surface area contributed by atoms with Crippen LogP contribution in [0.25, 0.3) is 0 Å². The Labute approximate surface area is 118 Å². The maximum Gasteiger partial charge on any atom is 0.226 e. The molecule has 1 amide bonds. The zero-order chi connectivity index (χ0) is 13.7. The van der Waals surface area contributed by atoms with Crippen LogP contribution in [0.3, 0.4) is 0 Å². The van der Waals surface area contributed by atoms with Gasteiger partial charge in [-0.1, -0.05) is 13.3 Å². The maximum atomic E-state index is 12.6. The van der Waals surface area contributed by atoms with Gasteiger partial charge in [-0.05, 0) is 45.2 Å². The van der Waals surface area contributed by atoms with E-state index in [1.807, 2.05) is 0 Å². The summed E-state index contributed by atoms with van der Waals surface area (Å²) in [5, 5.41) is 6.58. The molecule has 0 spiro atoms. The first-order chi connectivity index (χ1) is 9.16. The van der Waals surface area contributed by atoms with Crippen LogP contribution in [-0.4, -0.2) is 40.8 Å². The Balaban J connectivity index is 1.93. The molecule has 2 heterocycles. The van der Waals surface area contributed by atoms with Gasteiger partial charge in [-0.15, -0.1) is 0 Å². The predicted octanol–water partition coefficient (Wildman–Crippen LogP) is 1.18. The van der Waals surface area contributed by atoms with Crippen LogP contribution in [0.4, 0.5) is 0 Å². The molecule has 0 aromatic rings. The van der Waals surface area contributed by atoms with Crippen molar-refractivity contribution < 1.29 is 9.00 Å². The first kappa shape index (κ1) is 15.0. The van der Waals surface area contributed by atoms with Gasteiger partial charge in [-0.25, -0.2) is 0 Å². The van der Waals surface area contributed by atoms with Crippen molar-refractivity contribution in [2.75, 3.05) is 24.6 Å². The average molecular weight is 286 g/mol. The summed E-state index contributed by atoms with van der Waals surface area (Å²) in [5.41, 5.74) is -0.156. The van der Waals surface area contributed by atoms with Gasteiger partial charge in [0.25, 0.3) is 0 Å². The van der Waals surface area contributed by atoms with Gasteiger partial charge in [-0.3, -0.25) is 9.00 Å². The summed E-state index contributed by atoms with van der Waals surface area (Å²) in [7, 11) is -0.656. The fraction of sp³-hybridized carbons (Fsp3) is 0.929. The highest BCUT2D eigenvalue weighted by molar-refractivity contribution is 7.85. The number of nitrogens with one attached hydrogen (secondary N) is 2.